The molecule has 1 atom stereocenters. The second kappa shape index (κ2) is 5.18. The first-order valence-electron chi connectivity index (χ1n) is 3.97. The molecule has 0 bridgehead atoms. The maximum Gasteiger partial charge on any atom is 0.235 e. The van der Waals surface area contributed by atoms with E-state index in [0.29, 0.717) is 6.42 Å². The van der Waals surface area contributed by atoms with Crippen molar-refractivity contribution >= 4 is 15.7 Å². The highest BCUT2D eigenvalue weighted by molar-refractivity contribution is 7.91. The molecule has 2 N–H and O–H groups in total. The minimum Gasteiger partial charge on any atom is -0.394 e. The number of sulfone groups is 1. The Morgan fingerprint density at radius 2 is 2.08 bits per heavy atom. The minimum absolute atomic E-state index is 0.175. The summed E-state index contributed by atoms with van der Waals surface area (Å²) in [7, 11) is -3.28. The van der Waals surface area contributed by atoms with Crippen molar-refractivity contribution in [3.8, 4) is 0 Å². The van der Waals surface area contributed by atoms with Crippen LogP contribution < -0.4 is 5.32 Å². The second-order valence-electron chi connectivity index (χ2n) is 2.93. The van der Waals surface area contributed by atoms with Gasteiger partial charge in [0.2, 0.25) is 5.91 Å². The van der Waals surface area contributed by atoms with Gasteiger partial charge >= 0.3 is 0 Å². The van der Waals surface area contributed by atoms with Gasteiger partial charge in [-0.15, -0.1) is 0 Å². The van der Waals surface area contributed by atoms with Gasteiger partial charge in [0, 0.05) is 6.26 Å². The summed E-state index contributed by atoms with van der Waals surface area (Å²) in [5.74, 6) is -1.09. The van der Waals surface area contributed by atoms with Gasteiger partial charge in [0.15, 0.2) is 9.84 Å². The minimum atomic E-state index is -3.28. The summed E-state index contributed by atoms with van der Waals surface area (Å²) in [6.07, 6.45) is 1.57. The zero-order valence-electron chi connectivity index (χ0n) is 7.78. The van der Waals surface area contributed by atoms with Gasteiger partial charge in [0.1, 0.15) is 5.75 Å². The molecular formula is C7H15NO4S. The summed E-state index contributed by atoms with van der Waals surface area (Å²) in [6.45, 7) is 1.62. The Hall–Kier alpha value is -0.620. The number of carbonyl (C=O) groups excluding carboxylic acids is 1. The molecule has 0 saturated carbocycles. The fraction of sp³-hybridized carbons (Fsp3) is 0.857. The van der Waals surface area contributed by atoms with E-state index in [2.05, 4.69) is 5.32 Å². The molecule has 0 aliphatic rings. The van der Waals surface area contributed by atoms with Crippen molar-refractivity contribution in [3.63, 3.8) is 0 Å². The van der Waals surface area contributed by atoms with Crippen LogP contribution in [0, 0.1) is 0 Å². The standard InChI is InChI=1S/C7H15NO4S/c1-3-6(4-9)8-7(10)5-13(2,11)12/h6,9H,3-5H2,1-2H3,(H,8,10). The van der Waals surface area contributed by atoms with Crippen LogP contribution in [0.25, 0.3) is 0 Å². The molecule has 0 radical (unpaired) electrons. The quantitative estimate of drug-likeness (QED) is 0.603. The molecule has 0 aromatic heterocycles. The molecule has 0 aliphatic heterocycles. The van der Waals surface area contributed by atoms with Crippen LogP contribution in [0.4, 0.5) is 0 Å². The summed E-state index contributed by atoms with van der Waals surface area (Å²) in [6, 6.07) is -0.353. The third kappa shape index (κ3) is 6.53. The molecule has 0 aromatic carbocycles. The summed E-state index contributed by atoms with van der Waals surface area (Å²) in [4.78, 5) is 11.0. The summed E-state index contributed by atoms with van der Waals surface area (Å²) < 4.78 is 21.4. The third-order valence-corrected chi connectivity index (χ3v) is 2.26. The van der Waals surface area contributed by atoms with Crippen LogP contribution in [-0.4, -0.2) is 44.1 Å². The predicted molar refractivity (Wildman–Crippen MR) is 49.0 cm³/mol. The lowest BCUT2D eigenvalue weighted by Gasteiger charge is -2.12. The third-order valence-electron chi connectivity index (χ3n) is 1.47. The molecule has 0 aromatic rings. The van der Waals surface area contributed by atoms with Gasteiger partial charge in [0.25, 0.3) is 0 Å². The van der Waals surface area contributed by atoms with Crippen LogP contribution in [0.15, 0.2) is 0 Å². The molecule has 0 aliphatic carbocycles. The van der Waals surface area contributed by atoms with Gasteiger partial charge in [0.05, 0.1) is 12.6 Å². The Balaban J connectivity index is 4.01. The Kier molecular flexibility index (Phi) is 4.94. The van der Waals surface area contributed by atoms with Crippen molar-refractivity contribution in [2.24, 2.45) is 0 Å². The van der Waals surface area contributed by atoms with Crippen molar-refractivity contribution in [1.29, 1.82) is 0 Å². The van der Waals surface area contributed by atoms with Crippen molar-refractivity contribution in [1.82, 2.24) is 5.32 Å². The Morgan fingerprint density at radius 3 is 2.38 bits per heavy atom. The first kappa shape index (κ1) is 12.4. The largest absolute Gasteiger partial charge is 0.394 e. The van der Waals surface area contributed by atoms with Crippen LogP contribution >= 0.6 is 0 Å². The van der Waals surface area contributed by atoms with E-state index in [-0.39, 0.29) is 12.6 Å². The maximum atomic E-state index is 11.0. The zero-order chi connectivity index (χ0) is 10.5. The fourth-order valence-electron chi connectivity index (χ4n) is 0.784. The lowest BCUT2D eigenvalue weighted by atomic mass is 10.2. The number of nitrogens with one attached hydrogen (secondary N) is 1. The van der Waals surface area contributed by atoms with Crippen LogP contribution in [0.1, 0.15) is 13.3 Å². The van der Waals surface area contributed by atoms with Crippen LogP contribution in [-0.2, 0) is 14.6 Å². The molecule has 1 unspecified atom stereocenters. The van der Waals surface area contributed by atoms with E-state index in [1.165, 1.54) is 0 Å². The lowest BCUT2D eigenvalue weighted by molar-refractivity contribution is -0.119. The van der Waals surface area contributed by atoms with Crippen molar-refractivity contribution in [2.75, 3.05) is 18.6 Å². The highest BCUT2D eigenvalue weighted by Gasteiger charge is 2.13. The molecule has 0 rings (SSSR count). The smallest absolute Gasteiger partial charge is 0.235 e. The maximum absolute atomic E-state index is 11.0. The molecule has 0 heterocycles. The molecule has 0 fully saturated rings. The summed E-state index contributed by atoms with van der Waals surface area (Å²) >= 11 is 0. The number of rotatable bonds is 5. The first-order chi connectivity index (χ1) is 5.89. The van der Waals surface area contributed by atoms with Gasteiger partial charge in [-0.25, -0.2) is 8.42 Å². The van der Waals surface area contributed by atoms with Gasteiger partial charge < -0.3 is 10.4 Å². The number of aliphatic hydroxyl groups excluding tert-OH is 1. The average molecular weight is 209 g/mol. The number of carbonyl (C=O) groups is 1. The molecule has 5 nitrogen and oxygen atoms in total. The predicted octanol–water partition coefficient (Wildman–Crippen LogP) is -1.08. The van der Waals surface area contributed by atoms with Crippen LogP contribution in [0.2, 0.25) is 0 Å². The molecule has 0 spiro atoms. The Morgan fingerprint density at radius 1 is 1.54 bits per heavy atom. The summed E-state index contributed by atoms with van der Waals surface area (Å²) in [5.41, 5.74) is 0. The second-order valence-corrected chi connectivity index (χ2v) is 5.07. The Labute approximate surface area is 78.1 Å². The number of amides is 1. The van der Waals surface area contributed by atoms with E-state index < -0.39 is 21.5 Å². The van der Waals surface area contributed by atoms with E-state index in [9.17, 15) is 13.2 Å². The van der Waals surface area contributed by atoms with Crippen molar-refractivity contribution in [2.45, 2.75) is 19.4 Å². The molecule has 6 heteroatoms. The van der Waals surface area contributed by atoms with Crippen molar-refractivity contribution in [3.05, 3.63) is 0 Å². The lowest BCUT2D eigenvalue weighted by Crippen LogP contribution is -2.40. The number of aliphatic hydroxyl groups is 1. The monoisotopic (exact) mass is 209 g/mol. The highest BCUT2D eigenvalue weighted by Crippen LogP contribution is 1.90. The number of hydrogen-bond donors (Lipinski definition) is 2. The molecule has 78 valence electrons. The average Bonchev–Trinajstić information content (AvgIpc) is 1.96. The molecule has 13 heavy (non-hydrogen) atoms. The summed E-state index contributed by atoms with van der Waals surface area (Å²) in [5, 5.41) is 11.1. The molecule has 1 amide bonds. The molecular weight excluding hydrogens is 194 g/mol. The highest BCUT2D eigenvalue weighted by atomic mass is 32.2. The first-order valence-corrected chi connectivity index (χ1v) is 6.03. The fourth-order valence-corrected chi connectivity index (χ4v) is 1.34. The normalized spacial score (nSPS) is 13.8. The van der Waals surface area contributed by atoms with Gasteiger partial charge in [-0.3, -0.25) is 4.79 Å². The van der Waals surface area contributed by atoms with E-state index in [4.69, 9.17) is 5.11 Å². The molecule has 0 saturated heterocycles. The number of hydrogen-bond acceptors (Lipinski definition) is 4. The van der Waals surface area contributed by atoms with E-state index in [1.807, 2.05) is 0 Å². The van der Waals surface area contributed by atoms with Gasteiger partial charge in [-0.2, -0.15) is 0 Å². The topological polar surface area (TPSA) is 83.5 Å². The van der Waals surface area contributed by atoms with Gasteiger partial charge in [-0.1, -0.05) is 6.92 Å². The zero-order valence-corrected chi connectivity index (χ0v) is 8.60. The Bertz CT molecular complexity index is 256. The van der Waals surface area contributed by atoms with E-state index in [0.717, 1.165) is 6.26 Å². The van der Waals surface area contributed by atoms with E-state index >= 15 is 0 Å². The van der Waals surface area contributed by atoms with Gasteiger partial charge in [-0.05, 0) is 6.42 Å². The van der Waals surface area contributed by atoms with Crippen LogP contribution in [0.5, 0.6) is 0 Å². The van der Waals surface area contributed by atoms with E-state index in [1.54, 1.807) is 6.92 Å². The SMILES string of the molecule is CCC(CO)NC(=O)CS(C)(=O)=O. The van der Waals surface area contributed by atoms with Crippen molar-refractivity contribution < 1.29 is 18.3 Å². The van der Waals surface area contributed by atoms with Crippen LogP contribution in [0.3, 0.4) is 0 Å².